The molecule has 2 aromatic rings. The molecule has 0 saturated heterocycles. The fraction of sp³-hybridized carbons (Fsp3) is 0.500. The molecule has 0 amide bonds. The minimum absolute atomic E-state index is 0.729. The van der Waals surface area contributed by atoms with Gasteiger partial charge in [-0.15, -0.1) is 22.7 Å². The summed E-state index contributed by atoms with van der Waals surface area (Å²) in [6.07, 6.45) is 3.82. The molecule has 5 heteroatoms. The highest BCUT2D eigenvalue weighted by Crippen LogP contribution is 2.45. The van der Waals surface area contributed by atoms with E-state index in [4.69, 9.17) is 4.98 Å². The SMILES string of the molecule is CCCNCc1sc(-c2cc(Br)cs2)nc1C1CC1. The zero-order chi connectivity index (χ0) is 13.2. The van der Waals surface area contributed by atoms with Crippen LogP contribution in [0, 0.1) is 0 Å². The van der Waals surface area contributed by atoms with Crippen LogP contribution in [0.3, 0.4) is 0 Å². The van der Waals surface area contributed by atoms with Crippen molar-refractivity contribution in [1.82, 2.24) is 10.3 Å². The predicted molar refractivity (Wildman–Crippen MR) is 87.1 cm³/mol. The van der Waals surface area contributed by atoms with Crippen LogP contribution in [0.5, 0.6) is 0 Å². The lowest BCUT2D eigenvalue weighted by atomic mass is 10.2. The molecule has 1 aliphatic carbocycles. The Balaban J connectivity index is 1.83. The number of rotatable bonds is 6. The van der Waals surface area contributed by atoms with Gasteiger partial charge in [-0.05, 0) is 47.8 Å². The van der Waals surface area contributed by atoms with Gasteiger partial charge in [0, 0.05) is 27.2 Å². The third-order valence-corrected chi connectivity index (χ3v) is 6.11. The molecule has 2 nitrogen and oxygen atoms in total. The van der Waals surface area contributed by atoms with Crippen molar-refractivity contribution >= 4 is 38.6 Å². The average Bonchev–Trinajstić information content (AvgIpc) is 3.01. The van der Waals surface area contributed by atoms with Crippen LogP contribution in [0.15, 0.2) is 15.9 Å². The third kappa shape index (κ3) is 3.27. The van der Waals surface area contributed by atoms with Crippen LogP contribution in [0.4, 0.5) is 0 Å². The highest BCUT2D eigenvalue weighted by Gasteiger charge is 2.29. The molecule has 102 valence electrons. The van der Waals surface area contributed by atoms with Gasteiger partial charge >= 0.3 is 0 Å². The molecule has 1 saturated carbocycles. The third-order valence-electron chi connectivity index (χ3n) is 3.18. The van der Waals surface area contributed by atoms with E-state index in [2.05, 4.69) is 39.6 Å². The van der Waals surface area contributed by atoms with Gasteiger partial charge in [0.1, 0.15) is 5.01 Å². The Bertz CT molecular complexity index is 558. The monoisotopic (exact) mass is 356 g/mol. The fourth-order valence-corrected chi connectivity index (χ4v) is 4.68. The summed E-state index contributed by atoms with van der Waals surface area (Å²) in [5.74, 6) is 0.729. The highest BCUT2D eigenvalue weighted by molar-refractivity contribution is 9.10. The summed E-state index contributed by atoms with van der Waals surface area (Å²) in [4.78, 5) is 7.62. The zero-order valence-corrected chi connectivity index (χ0v) is 14.1. The van der Waals surface area contributed by atoms with Crippen molar-refractivity contribution in [2.24, 2.45) is 0 Å². The van der Waals surface area contributed by atoms with Gasteiger partial charge < -0.3 is 5.32 Å². The number of thiophene rings is 1. The number of hydrogen-bond donors (Lipinski definition) is 1. The number of halogens is 1. The van der Waals surface area contributed by atoms with E-state index in [0.717, 1.165) is 23.5 Å². The van der Waals surface area contributed by atoms with Crippen molar-refractivity contribution in [2.45, 2.75) is 38.6 Å². The van der Waals surface area contributed by atoms with Crippen molar-refractivity contribution in [3.05, 3.63) is 26.5 Å². The van der Waals surface area contributed by atoms with E-state index in [0.29, 0.717) is 0 Å². The Kier molecular flexibility index (Phi) is 4.37. The first-order valence-corrected chi connectivity index (χ1v) is 9.21. The topological polar surface area (TPSA) is 24.9 Å². The van der Waals surface area contributed by atoms with Gasteiger partial charge in [0.15, 0.2) is 0 Å². The summed E-state index contributed by atoms with van der Waals surface area (Å²) in [5, 5.41) is 6.82. The molecule has 3 rings (SSSR count). The minimum Gasteiger partial charge on any atom is -0.312 e. The zero-order valence-electron chi connectivity index (χ0n) is 10.9. The summed E-state index contributed by atoms with van der Waals surface area (Å²) < 4.78 is 1.15. The molecule has 0 spiro atoms. The summed E-state index contributed by atoms with van der Waals surface area (Å²) in [6.45, 7) is 4.27. The van der Waals surface area contributed by atoms with Crippen molar-refractivity contribution < 1.29 is 0 Å². The lowest BCUT2D eigenvalue weighted by Crippen LogP contribution is -2.13. The van der Waals surface area contributed by atoms with Crippen molar-refractivity contribution in [2.75, 3.05) is 6.54 Å². The van der Waals surface area contributed by atoms with Gasteiger partial charge in [0.05, 0.1) is 10.6 Å². The van der Waals surface area contributed by atoms with E-state index in [-0.39, 0.29) is 0 Å². The summed E-state index contributed by atoms with van der Waals surface area (Å²) in [7, 11) is 0. The van der Waals surface area contributed by atoms with Crippen LogP contribution in [-0.4, -0.2) is 11.5 Å². The Labute approximate surface area is 130 Å². The lowest BCUT2D eigenvalue weighted by molar-refractivity contribution is 0.676. The molecule has 0 unspecified atom stereocenters. The Morgan fingerprint density at radius 3 is 2.95 bits per heavy atom. The van der Waals surface area contributed by atoms with Crippen molar-refractivity contribution in [1.29, 1.82) is 0 Å². The van der Waals surface area contributed by atoms with Gasteiger partial charge in [0.2, 0.25) is 0 Å². The maximum Gasteiger partial charge on any atom is 0.133 e. The molecule has 19 heavy (non-hydrogen) atoms. The first-order valence-electron chi connectivity index (χ1n) is 6.72. The Morgan fingerprint density at radius 1 is 1.47 bits per heavy atom. The van der Waals surface area contributed by atoms with Crippen LogP contribution in [-0.2, 0) is 6.54 Å². The van der Waals surface area contributed by atoms with Crippen LogP contribution in [0.1, 0.15) is 42.7 Å². The number of thiazole rings is 1. The second-order valence-electron chi connectivity index (χ2n) is 4.91. The average molecular weight is 357 g/mol. The van der Waals surface area contributed by atoms with E-state index in [1.54, 1.807) is 11.3 Å². The molecule has 0 aromatic carbocycles. The smallest absolute Gasteiger partial charge is 0.133 e. The number of nitrogens with one attached hydrogen (secondary N) is 1. The normalized spacial score (nSPS) is 15.1. The van der Waals surface area contributed by atoms with E-state index in [1.807, 2.05) is 11.3 Å². The Hall–Kier alpha value is -0.230. The summed E-state index contributed by atoms with van der Waals surface area (Å²) in [5.41, 5.74) is 1.35. The molecule has 0 aliphatic heterocycles. The highest BCUT2D eigenvalue weighted by atomic mass is 79.9. The standard InChI is InChI=1S/C14H17BrN2S2/c1-2-5-16-7-12-13(9-3-4-9)17-14(19-12)11-6-10(15)8-18-11/h6,8-9,16H,2-5,7H2,1H3. The molecule has 1 aliphatic rings. The molecular weight excluding hydrogens is 340 g/mol. The van der Waals surface area contributed by atoms with E-state index < -0.39 is 0 Å². The molecule has 1 N–H and O–H groups in total. The van der Waals surface area contributed by atoms with Crippen LogP contribution in [0.25, 0.3) is 9.88 Å². The van der Waals surface area contributed by atoms with Crippen LogP contribution >= 0.6 is 38.6 Å². The maximum absolute atomic E-state index is 4.90. The first kappa shape index (κ1) is 13.7. The second-order valence-corrected chi connectivity index (χ2v) is 7.82. The maximum atomic E-state index is 4.90. The first-order chi connectivity index (χ1) is 9.28. The van der Waals surface area contributed by atoms with Gasteiger partial charge in [0.25, 0.3) is 0 Å². The van der Waals surface area contributed by atoms with Gasteiger partial charge in [-0.2, -0.15) is 0 Å². The van der Waals surface area contributed by atoms with Crippen LogP contribution in [0.2, 0.25) is 0 Å². The molecule has 0 radical (unpaired) electrons. The van der Waals surface area contributed by atoms with Crippen molar-refractivity contribution in [3.63, 3.8) is 0 Å². The van der Waals surface area contributed by atoms with Crippen molar-refractivity contribution in [3.8, 4) is 9.88 Å². The Morgan fingerprint density at radius 2 is 2.32 bits per heavy atom. The minimum atomic E-state index is 0.729. The number of hydrogen-bond acceptors (Lipinski definition) is 4. The fourth-order valence-electron chi connectivity index (χ4n) is 2.08. The summed E-state index contributed by atoms with van der Waals surface area (Å²) >= 11 is 7.15. The molecule has 0 atom stereocenters. The predicted octanol–water partition coefficient (Wildman–Crippen LogP) is 5.01. The lowest BCUT2D eigenvalue weighted by Gasteiger charge is -2.01. The molecule has 2 heterocycles. The van der Waals surface area contributed by atoms with E-state index in [9.17, 15) is 0 Å². The summed E-state index contributed by atoms with van der Waals surface area (Å²) in [6, 6.07) is 2.17. The number of nitrogens with zero attached hydrogens (tertiary/aromatic N) is 1. The quantitative estimate of drug-likeness (QED) is 0.735. The molecule has 2 aromatic heterocycles. The van der Waals surface area contributed by atoms with Gasteiger partial charge in [-0.25, -0.2) is 4.98 Å². The van der Waals surface area contributed by atoms with E-state index >= 15 is 0 Å². The molecule has 0 bridgehead atoms. The van der Waals surface area contributed by atoms with E-state index in [1.165, 1.54) is 39.7 Å². The molecular formula is C14H17BrN2S2. The van der Waals surface area contributed by atoms with Gasteiger partial charge in [-0.3, -0.25) is 0 Å². The number of aromatic nitrogens is 1. The molecule has 1 fully saturated rings. The largest absolute Gasteiger partial charge is 0.312 e. The van der Waals surface area contributed by atoms with Crippen LogP contribution < -0.4 is 5.32 Å². The second kappa shape index (κ2) is 6.04. The van der Waals surface area contributed by atoms with Gasteiger partial charge in [-0.1, -0.05) is 6.92 Å².